The van der Waals surface area contributed by atoms with Gasteiger partial charge in [0.2, 0.25) is 16.0 Å². The van der Waals surface area contributed by atoms with E-state index in [-0.39, 0.29) is 30.2 Å². The Labute approximate surface area is 261 Å². The molecule has 0 radical (unpaired) electrons. The number of nitrogens with zero attached hydrogens (tertiary/aromatic N) is 4. The van der Waals surface area contributed by atoms with Crippen LogP contribution >= 0.6 is 0 Å². The molecular weight excluding hydrogens is 611 g/mol. The Morgan fingerprint density at radius 1 is 1.16 bits per heavy atom. The number of hydrogen-bond donors (Lipinski definition) is 3. The third-order valence-electron chi connectivity index (χ3n) is 7.65. The molecule has 0 spiro atoms. The summed E-state index contributed by atoms with van der Waals surface area (Å²) in [6.07, 6.45) is -0.757. The van der Waals surface area contributed by atoms with Gasteiger partial charge in [0.1, 0.15) is 17.1 Å². The van der Waals surface area contributed by atoms with Crippen LogP contribution in [0.5, 0.6) is 5.75 Å². The number of halogens is 3. The maximum Gasteiger partial charge on any atom is 0.421 e. The molecular formula is C30H38F3N7O4S. The van der Waals surface area contributed by atoms with Crippen molar-refractivity contribution in [2.75, 3.05) is 55.0 Å². The fourth-order valence-corrected chi connectivity index (χ4v) is 5.50. The normalized spacial score (nSPS) is 14.6. The van der Waals surface area contributed by atoms with Crippen molar-refractivity contribution in [3.8, 4) is 5.75 Å². The number of aryl methyl sites for hydroxylation is 1. The van der Waals surface area contributed by atoms with Gasteiger partial charge in [0.25, 0.3) is 5.91 Å². The zero-order valence-electron chi connectivity index (χ0n) is 25.8. The van der Waals surface area contributed by atoms with Crippen molar-refractivity contribution in [3.63, 3.8) is 0 Å². The Hall–Kier alpha value is -4.11. The third kappa shape index (κ3) is 8.54. The third-order valence-corrected chi connectivity index (χ3v) is 8.84. The van der Waals surface area contributed by atoms with E-state index in [1.54, 1.807) is 37.3 Å². The molecule has 15 heteroatoms. The minimum Gasteiger partial charge on any atom is -0.495 e. The summed E-state index contributed by atoms with van der Waals surface area (Å²) in [5.74, 6) is -0.671. The fourth-order valence-electron chi connectivity index (χ4n) is 4.97. The molecule has 2 heterocycles. The second-order valence-corrected chi connectivity index (χ2v) is 13.0. The summed E-state index contributed by atoms with van der Waals surface area (Å²) in [5.41, 5.74) is 1.14. The summed E-state index contributed by atoms with van der Waals surface area (Å²) in [6, 6.07) is 9.88. The summed E-state index contributed by atoms with van der Waals surface area (Å²) in [6.45, 7) is 6.22. The number of amides is 1. The molecule has 1 saturated heterocycles. The van der Waals surface area contributed by atoms with E-state index in [1.165, 1.54) is 20.2 Å². The number of ether oxygens (including phenoxy) is 1. The van der Waals surface area contributed by atoms with Crippen LogP contribution in [0.15, 0.2) is 42.6 Å². The van der Waals surface area contributed by atoms with Crippen LogP contribution in [0.1, 0.15) is 46.8 Å². The van der Waals surface area contributed by atoms with E-state index in [0.29, 0.717) is 35.2 Å². The summed E-state index contributed by atoms with van der Waals surface area (Å²) < 4.78 is 72.6. The molecule has 4 rings (SSSR count). The van der Waals surface area contributed by atoms with Crippen LogP contribution in [0.4, 0.5) is 36.3 Å². The zero-order chi connectivity index (χ0) is 32.9. The van der Waals surface area contributed by atoms with Gasteiger partial charge in [-0.15, -0.1) is 0 Å². The highest BCUT2D eigenvalue weighted by Crippen LogP contribution is 2.36. The van der Waals surface area contributed by atoms with Crippen molar-refractivity contribution >= 4 is 39.1 Å². The monoisotopic (exact) mass is 649 g/mol. The highest BCUT2D eigenvalue weighted by molar-refractivity contribution is 7.92. The average molecular weight is 650 g/mol. The number of sulfonamides is 1. The van der Waals surface area contributed by atoms with Crippen molar-refractivity contribution in [1.82, 2.24) is 20.2 Å². The minimum absolute atomic E-state index is 0.154. The van der Waals surface area contributed by atoms with Crippen LogP contribution in [0, 0.1) is 6.92 Å². The molecule has 45 heavy (non-hydrogen) atoms. The number of aromatic nitrogens is 2. The zero-order valence-corrected chi connectivity index (χ0v) is 26.6. The Bertz CT molecular complexity index is 1630. The lowest BCUT2D eigenvalue weighted by Crippen LogP contribution is -2.40. The molecule has 1 aromatic heterocycles. The van der Waals surface area contributed by atoms with E-state index in [2.05, 4.69) is 37.7 Å². The van der Waals surface area contributed by atoms with E-state index < -0.39 is 27.6 Å². The van der Waals surface area contributed by atoms with E-state index in [9.17, 15) is 26.4 Å². The van der Waals surface area contributed by atoms with Gasteiger partial charge >= 0.3 is 6.18 Å². The number of methoxy groups -OCH3 is 1. The highest BCUT2D eigenvalue weighted by atomic mass is 32.2. The van der Waals surface area contributed by atoms with Gasteiger partial charge in [0.15, 0.2) is 0 Å². The van der Waals surface area contributed by atoms with E-state index in [4.69, 9.17) is 4.74 Å². The Morgan fingerprint density at radius 3 is 2.51 bits per heavy atom. The summed E-state index contributed by atoms with van der Waals surface area (Å²) >= 11 is 0. The first-order valence-electron chi connectivity index (χ1n) is 14.4. The molecule has 0 saturated carbocycles. The highest BCUT2D eigenvalue weighted by Gasteiger charge is 2.35. The van der Waals surface area contributed by atoms with Gasteiger partial charge in [-0.25, -0.2) is 13.4 Å². The summed E-state index contributed by atoms with van der Waals surface area (Å²) in [5, 5.41) is 8.52. The second-order valence-electron chi connectivity index (χ2n) is 11.0. The van der Waals surface area contributed by atoms with Crippen LogP contribution in [-0.4, -0.2) is 75.3 Å². The Balaban J connectivity index is 1.54. The number of carbonyl (C=O) groups is 1. The summed E-state index contributed by atoms with van der Waals surface area (Å²) in [4.78, 5) is 23.1. The molecule has 1 amide bonds. The summed E-state index contributed by atoms with van der Waals surface area (Å²) in [7, 11) is -0.844. The number of carbonyl (C=O) groups excluding carboxylic acids is 1. The lowest BCUT2D eigenvalue weighted by atomic mass is 10.1. The quantitative estimate of drug-likeness (QED) is 0.254. The number of alkyl halides is 3. The molecule has 2 aromatic carbocycles. The number of benzene rings is 2. The number of hydrogen-bond acceptors (Lipinski definition) is 9. The van der Waals surface area contributed by atoms with Gasteiger partial charge in [-0.3, -0.25) is 14.0 Å². The minimum atomic E-state index is -4.76. The first-order valence-corrected chi connectivity index (χ1v) is 16.2. The van der Waals surface area contributed by atoms with E-state index in [1.807, 2.05) is 0 Å². The van der Waals surface area contributed by atoms with Crippen LogP contribution in [0.3, 0.4) is 0 Å². The molecule has 0 aliphatic carbocycles. The van der Waals surface area contributed by atoms with E-state index in [0.717, 1.165) is 42.1 Å². The predicted molar refractivity (Wildman–Crippen MR) is 168 cm³/mol. The van der Waals surface area contributed by atoms with Crippen molar-refractivity contribution < 1.29 is 31.1 Å². The Kier molecular flexibility index (Phi) is 10.4. The smallest absolute Gasteiger partial charge is 0.421 e. The molecule has 244 valence electrons. The lowest BCUT2D eigenvalue weighted by Gasteiger charge is -2.23. The van der Waals surface area contributed by atoms with Crippen LogP contribution in [0.2, 0.25) is 0 Å². The van der Waals surface area contributed by atoms with Crippen LogP contribution in [0.25, 0.3) is 0 Å². The lowest BCUT2D eigenvalue weighted by molar-refractivity contribution is -0.137. The molecule has 11 nitrogen and oxygen atoms in total. The molecule has 0 bridgehead atoms. The first kappa shape index (κ1) is 33.8. The number of likely N-dealkylation sites (tertiary alicyclic amines) is 1. The topological polar surface area (TPSA) is 129 Å². The van der Waals surface area contributed by atoms with Crippen molar-refractivity contribution in [3.05, 3.63) is 64.8 Å². The number of nitrogens with one attached hydrogen (secondary N) is 3. The van der Waals surface area contributed by atoms with E-state index >= 15 is 0 Å². The molecule has 1 fully saturated rings. The maximum atomic E-state index is 13.9. The van der Waals surface area contributed by atoms with Gasteiger partial charge in [-0.05, 0) is 75.2 Å². The van der Waals surface area contributed by atoms with Crippen LogP contribution < -0.4 is 25.0 Å². The molecule has 0 unspecified atom stereocenters. The molecule has 3 N–H and O–H groups in total. The van der Waals surface area contributed by atoms with Gasteiger partial charge in [0.05, 0.1) is 24.7 Å². The number of anilines is 4. The fraction of sp³-hybridized carbons (Fsp3) is 0.433. The molecule has 1 aliphatic heterocycles. The average Bonchev–Trinajstić information content (AvgIpc) is 3.53. The largest absolute Gasteiger partial charge is 0.495 e. The standard InChI is InChI=1S/C30H38F3N7O4S/c1-19-8-9-22(25(14-19)39(3)45(5,42)43)17-34-27-23(30(31,32)33)18-36-29(38-27)37-24-11-10-21(15-26(24)44-4)28(41)35-16-20(2)40-12-6-7-13-40/h8-11,14-15,18,20H,6-7,12-13,16-17H2,1-5H3,(H,35,41)(H2,34,36,37,38)/t20-/m1/s1. The van der Waals surface area contributed by atoms with Gasteiger partial charge in [0, 0.05) is 37.9 Å². The van der Waals surface area contributed by atoms with Crippen molar-refractivity contribution in [2.45, 2.75) is 45.5 Å². The SMILES string of the molecule is COc1cc(C(=O)NC[C@@H](C)N2CCCC2)ccc1Nc1ncc(C(F)(F)F)c(NCc2ccc(C)cc2N(C)S(C)(=O)=O)n1. The predicted octanol–water partition coefficient (Wildman–Crippen LogP) is 4.78. The van der Waals surface area contributed by atoms with Crippen molar-refractivity contribution in [2.24, 2.45) is 0 Å². The van der Waals surface area contributed by atoms with Gasteiger partial charge in [-0.1, -0.05) is 12.1 Å². The molecule has 1 atom stereocenters. The second kappa shape index (κ2) is 13.9. The van der Waals surface area contributed by atoms with Crippen molar-refractivity contribution in [1.29, 1.82) is 0 Å². The van der Waals surface area contributed by atoms with Crippen LogP contribution in [-0.2, 0) is 22.7 Å². The number of rotatable bonds is 12. The Morgan fingerprint density at radius 2 is 1.87 bits per heavy atom. The molecule has 3 aromatic rings. The first-order chi connectivity index (χ1) is 21.2. The van der Waals surface area contributed by atoms with Gasteiger partial charge in [-0.2, -0.15) is 18.2 Å². The van der Waals surface area contributed by atoms with Gasteiger partial charge < -0.3 is 20.7 Å². The maximum absolute atomic E-state index is 13.9. The molecule has 1 aliphatic rings.